The van der Waals surface area contributed by atoms with Crippen molar-refractivity contribution in [2.24, 2.45) is 0 Å². The molecule has 1 aliphatic carbocycles. The summed E-state index contributed by atoms with van der Waals surface area (Å²) in [6, 6.07) is 38.7. The van der Waals surface area contributed by atoms with Gasteiger partial charge in [-0.1, -0.05) is 84.9 Å². The van der Waals surface area contributed by atoms with Crippen LogP contribution in [0.3, 0.4) is 0 Å². The lowest BCUT2D eigenvalue weighted by atomic mass is 9.83. The van der Waals surface area contributed by atoms with Gasteiger partial charge in [-0.2, -0.15) is 0 Å². The van der Waals surface area contributed by atoms with E-state index in [9.17, 15) is 19.2 Å². The summed E-state index contributed by atoms with van der Waals surface area (Å²) in [6.07, 6.45) is 3.83. The molecule has 0 saturated heterocycles. The smallest absolute Gasteiger partial charge is 0.341 e. The van der Waals surface area contributed by atoms with E-state index in [1.54, 1.807) is 67.6 Å². The molecule has 322 valence electrons. The molecule has 1 aromatic heterocycles. The highest BCUT2D eigenvalue weighted by atomic mass is 32.2. The molecule has 0 bridgehead atoms. The van der Waals surface area contributed by atoms with Crippen molar-refractivity contribution in [2.75, 3.05) is 38.6 Å². The van der Waals surface area contributed by atoms with Crippen molar-refractivity contribution in [3.05, 3.63) is 171 Å². The van der Waals surface area contributed by atoms with Gasteiger partial charge in [-0.25, -0.2) is 4.79 Å². The summed E-state index contributed by atoms with van der Waals surface area (Å²) in [5.41, 5.74) is 4.51. The number of methoxy groups -OCH3 is 3. The number of hydrogen-bond acceptors (Lipinski definition) is 10. The lowest BCUT2D eigenvalue weighted by Crippen LogP contribution is -2.30. The van der Waals surface area contributed by atoms with Crippen molar-refractivity contribution in [1.29, 1.82) is 0 Å². The first-order valence-corrected chi connectivity index (χ1v) is 22.1. The number of hydrogen-bond donors (Lipinski definition) is 3. The zero-order chi connectivity index (χ0) is 44.3. The minimum absolute atomic E-state index is 0.0693. The van der Waals surface area contributed by atoms with E-state index >= 15 is 0 Å². The Bertz CT molecular complexity index is 2620. The van der Waals surface area contributed by atoms with Crippen LogP contribution in [-0.2, 0) is 27.2 Å². The van der Waals surface area contributed by atoms with Gasteiger partial charge in [0.2, 0.25) is 5.91 Å². The Morgan fingerprint density at radius 2 is 1.44 bits per heavy atom. The van der Waals surface area contributed by atoms with E-state index in [2.05, 4.69) is 28.1 Å². The number of carbonyl (C=O) groups is 4. The molecule has 0 radical (unpaired) electrons. The highest BCUT2D eigenvalue weighted by molar-refractivity contribution is 8.00. The molecule has 0 aliphatic heterocycles. The van der Waals surface area contributed by atoms with Gasteiger partial charge in [0, 0.05) is 32.7 Å². The van der Waals surface area contributed by atoms with Crippen LogP contribution in [0, 0.1) is 0 Å². The van der Waals surface area contributed by atoms with Crippen LogP contribution in [0.5, 0.6) is 17.2 Å². The fourth-order valence-electron chi connectivity index (χ4n) is 7.43. The second kappa shape index (κ2) is 20.8. The van der Waals surface area contributed by atoms with Crippen molar-refractivity contribution < 1.29 is 38.1 Å². The molecule has 13 heteroatoms. The second-order valence-electron chi connectivity index (χ2n) is 14.5. The molecule has 0 fully saturated rings. The van der Waals surface area contributed by atoms with Crippen molar-refractivity contribution in [3.63, 3.8) is 0 Å². The molecule has 0 spiro atoms. The Labute approximate surface area is 374 Å². The molecule has 2 atom stereocenters. The van der Waals surface area contributed by atoms with Crippen LogP contribution in [0.1, 0.15) is 72.4 Å². The molecule has 5 aromatic carbocycles. The Morgan fingerprint density at radius 3 is 2.13 bits per heavy atom. The van der Waals surface area contributed by atoms with Gasteiger partial charge in [-0.15, -0.1) is 23.1 Å². The van der Waals surface area contributed by atoms with Gasteiger partial charge < -0.3 is 34.9 Å². The molecule has 3 amide bonds. The number of carbonyl (C=O) groups excluding carboxylic acids is 4. The number of anilines is 2. The largest absolute Gasteiger partial charge is 0.496 e. The lowest BCUT2D eigenvalue weighted by Gasteiger charge is -2.23. The quantitative estimate of drug-likeness (QED) is 0.0492. The van der Waals surface area contributed by atoms with Gasteiger partial charge >= 0.3 is 5.97 Å². The Hall–Kier alpha value is -6.83. The summed E-state index contributed by atoms with van der Waals surface area (Å²) in [5, 5.41) is 8.55. The number of thiophene rings is 1. The molecule has 1 heterocycles. The maximum atomic E-state index is 14.5. The molecule has 7 rings (SSSR count). The number of amides is 3. The summed E-state index contributed by atoms with van der Waals surface area (Å²) in [7, 11) is 4.49. The van der Waals surface area contributed by atoms with Gasteiger partial charge in [0.1, 0.15) is 21.7 Å². The number of benzene rings is 5. The van der Waals surface area contributed by atoms with E-state index in [0.29, 0.717) is 61.9 Å². The number of esters is 1. The standard InChI is InChI=1S/C50H47N3O8S2/c1-5-61-50(57)44-38-25-24-34(31-16-9-6-10-17-31)28-43(38)63-49(44)53-48(56)45(32-18-11-7-12-19-32)62-37-23-15-22-36(29-37)51-47(55)39(52-46(54)33-20-13-8-14-21-33)26-35-27-41(59-3)42(60-4)30-40(35)58-2/h6-23,26-27,29-30,34,45H,5,24-25,28H2,1-4H3,(H,51,55)(H,52,54)(H,53,56)/b39-26+. The third kappa shape index (κ3) is 10.6. The number of thioether (sulfide) groups is 1. The molecular formula is C50H47N3O8S2. The van der Waals surface area contributed by atoms with Crippen LogP contribution < -0.4 is 30.2 Å². The molecule has 6 aromatic rings. The SMILES string of the molecule is CCOC(=O)c1c(NC(=O)C(Sc2cccc(NC(=O)/C(=C\c3cc(OC)c(OC)cc3OC)NC(=O)c3ccccc3)c2)c2ccccc2)sc2c1CCC(c1ccccc1)C2. The first-order chi connectivity index (χ1) is 30.7. The minimum atomic E-state index is -0.749. The predicted octanol–water partition coefficient (Wildman–Crippen LogP) is 10.1. The fraction of sp³-hybridized carbons (Fsp3) is 0.200. The van der Waals surface area contributed by atoms with Gasteiger partial charge in [-0.05, 0) is 91.3 Å². The van der Waals surface area contributed by atoms with Crippen molar-refractivity contribution in [2.45, 2.75) is 42.2 Å². The van der Waals surface area contributed by atoms with Crippen LogP contribution in [0.25, 0.3) is 6.08 Å². The van der Waals surface area contributed by atoms with Gasteiger partial charge in [-0.3, -0.25) is 14.4 Å². The normalized spacial score (nSPS) is 13.8. The number of ether oxygens (including phenoxy) is 4. The first kappa shape index (κ1) is 44.2. The number of fused-ring (bicyclic) bond motifs is 1. The number of nitrogens with one attached hydrogen (secondary N) is 3. The van der Waals surface area contributed by atoms with Crippen LogP contribution in [-0.4, -0.2) is 51.6 Å². The summed E-state index contributed by atoms with van der Waals surface area (Å²) < 4.78 is 22.1. The maximum Gasteiger partial charge on any atom is 0.341 e. The highest BCUT2D eigenvalue weighted by Crippen LogP contribution is 2.44. The summed E-state index contributed by atoms with van der Waals surface area (Å²) in [4.78, 5) is 57.3. The molecule has 0 saturated carbocycles. The fourth-order valence-corrected chi connectivity index (χ4v) is 9.83. The molecule has 11 nitrogen and oxygen atoms in total. The van der Waals surface area contributed by atoms with Crippen molar-refractivity contribution >= 4 is 63.6 Å². The summed E-state index contributed by atoms with van der Waals surface area (Å²) in [5.74, 6) is -0.373. The predicted molar refractivity (Wildman–Crippen MR) is 248 cm³/mol. The Kier molecular flexibility index (Phi) is 14.6. The van der Waals surface area contributed by atoms with Crippen molar-refractivity contribution in [1.82, 2.24) is 5.32 Å². The maximum absolute atomic E-state index is 14.5. The summed E-state index contributed by atoms with van der Waals surface area (Å²) in [6.45, 7) is 1.98. The second-order valence-corrected chi connectivity index (χ2v) is 16.8. The molecule has 3 N–H and O–H groups in total. The Balaban J connectivity index is 1.16. The highest BCUT2D eigenvalue weighted by Gasteiger charge is 2.32. The van der Waals surface area contributed by atoms with E-state index < -0.39 is 23.0 Å². The van der Waals surface area contributed by atoms with E-state index in [1.165, 1.54) is 56.1 Å². The van der Waals surface area contributed by atoms with Crippen LogP contribution in [0.15, 0.2) is 138 Å². The zero-order valence-electron chi connectivity index (χ0n) is 35.3. The van der Waals surface area contributed by atoms with Gasteiger partial charge in [0.25, 0.3) is 11.8 Å². The van der Waals surface area contributed by atoms with Crippen LogP contribution in [0.4, 0.5) is 10.7 Å². The lowest BCUT2D eigenvalue weighted by molar-refractivity contribution is -0.116. The van der Waals surface area contributed by atoms with E-state index in [-0.39, 0.29) is 18.2 Å². The van der Waals surface area contributed by atoms with Crippen molar-refractivity contribution in [3.8, 4) is 17.2 Å². The summed E-state index contributed by atoms with van der Waals surface area (Å²) >= 11 is 2.73. The molecule has 1 aliphatic rings. The average Bonchev–Trinajstić information content (AvgIpc) is 3.68. The third-order valence-electron chi connectivity index (χ3n) is 10.5. The molecular weight excluding hydrogens is 835 g/mol. The zero-order valence-corrected chi connectivity index (χ0v) is 36.9. The van der Waals surface area contributed by atoms with E-state index in [4.69, 9.17) is 18.9 Å². The van der Waals surface area contributed by atoms with Gasteiger partial charge in [0.05, 0.1) is 33.5 Å². The molecule has 2 unspecified atom stereocenters. The van der Waals surface area contributed by atoms with Crippen LogP contribution in [0.2, 0.25) is 0 Å². The van der Waals surface area contributed by atoms with E-state index in [0.717, 1.165) is 28.8 Å². The van der Waals surface area contributed by atoms with E-state index in [1.807, 2.05) is 54.6 Å². The first-order valence-electron chi connectivity index (χ1n) is 20.4. The topological polar surface area (TPSA) is 141 Å². The Morgan fingerprint density at radius 1 is 0.778 bits per heavy atom. The average molecular weight is 882 g/mol. The number of rotatable bonds is 16. The molecule has 63 heavy (non-hydrogen) atoms. The van der Waals surface area contributed by atoms with Crippen LogP contribution >= 0.6 is 23.1 Å². The minimum Gasteiger partial charge on any atom is -0.496 e. The third-order valence-corrected chi connectivity index (χ3v) is 12.9. The van der Waals surface area contributed by atoms with Gasteiger partial charge in [0.15, 0.2) is 11.5 Å². The monoisotopic (exact) mass is 881 g/mol.